The molecule has 1 unspecified atom stereocenters. The Kier molecular flexibility index (Phi) is 4.73. The van der Waals surface area contributed by atoms with Crippen LogP contribution in [0.2, 0.25) is 0 Å². The number of thiophene rings is 1. The fourth-order valence-electron chi connectivity index (χ4n) is 3.21. The number of nitrogens with zero attached hydrogens (tertiary/aromatic N) is 3. The molecule has 1 aliphatic rings. The molecule has 5 heteroatoms. The first kappa shape index (κ1) is 14.8. The second-order valence-electron chi connectivity index (χ2n) is 5.67. The molecule has 0 saturated carbocycles. The van der Waals surface area contributed by atoms with Crippen molar-refractivity contribution in [2.45, 2.75) is 25.8 Å². The largest absolute Gasteiger partial charge is 0.354 e. The first-order valence-corrected chi connectivity index (χ1v) is 8.72. The molecule has 0 aliphatic carbocycles. The number of nitrogens with two attached hydrogens (primary N) is 1. The first-order valence-electron chi connectivity index (χ1n) is 7.84. The third-order valence-corrected chi connectivity index (χ3v) is 5.27. The molecule has 2 aromatic rings. The van der Waals surface area contributed by atoms with Crippen LogP contribution < -0.4 is 10.6 Å². The van der Waals surface area contributed by atoms with Crippen molar-refractivity contribution in [3.05, 3.63) is 23.7 Å². The van der Waals surface area contributed by atoms with Crippen molar-refractivity contribution in [1.29, 1.82) is 0 Å². The van der Waals surface area contributed by atoms with E-state index in [9.17, 15) is 0 Å². The van der Waals surface area contributed by atoms with E-state index in [1.165, 1.54) is 22.9 Å². The third-order valence-electron chi connectivity index (χ3n) is 4.38. The number of hydrogen-bond donors (Lipinski definition) is 1. The zero-order valence-corrected chi connectivity index (χ0v) is 13.5. The predicted octanol–water partition coefficient (Wildman–Crippen LogP) is 2.55. The lowest BCUT2D eigenvalue weighted by Crippen LogP contribution is -2.52. The molecule has 0 bridgehead atoms. The highest BCUT2D eigenvalue weighted by molar-refractivity contribution is 7.17. The van der Waals surface area contributed by atoms with Gasteiger partial charge < -0.3 is 10.6 Å². The van der Waals surface area contributed by atoms with Crippen molar-refractivity contribution in [2.24, 2.45) is 5.73 Å². The van der Waals surface area contributed by atoms with Gasteiger partial charge in [0.05, 0.1) is 0 Å². The SMILES string of the molecule is CCCC(CN)N1CCN(c2nccc3sccc23)CC1. The molecule has 2 N–H and O–H groups in total. The van der Waals surface area contributed by atoms with Crippen LogP contribution in [-0.4, -0.2) is 48.6 Å². The molecule has 1 aliphatic heterocycles. The Balaban J connectivity index is 1.69. The van der Waals surface area contributed by atoms with Gasteiger partial charge in [-0.3, -0.25) is 4.90 Å². The van der Waals surface area contributed by atoms with Gasteiger partial charge in [0.1, 0.15) is 5.82 Å². The van der Waals surface area contributed by atoms with E-state index in [0.717, 1.165) is 38.5 Å². The van der Waals surface area contributed by atoms with Gasteiger partial charge in [0.15, 0.2) is 0 Å². The summed E-state index contributed by atoms with van der Waals surface area (Å²) < 4.78 is 1.33. The molecule has 21 heavy (non-hydrogen) atoms. The van der Waals surface area contributed by atoms with E-state index in [2.05, 4.69) is 39.2 Å². The van der Waals surface area contributed by atoms with Gasteiger partial charge in [-0.25, -0.2) is 4.98 Å². The summed E-state index contributed by atoms with van der Waals surface area (Å²) in [5.41, 5.74) is 5.93. The lowest BCUT2D eigenvalue weighted by molar-refractivity contribution is 0.179. The first-order chi connectivity index (χ1) is 10.3. The molecule has 2 aromatic heterocycles. The van der Waals surface area contributed by atoms with Gasteiger partial charge in [-0.15, -0.1) is 11.3 Å². The zero-order chi connectivity index (χ0) is 14.7. The van der Waals surface area contributed by atoms with Crippen LogP contribution >= 0.6 is 11.3 Å². The summed E-state index contributed by atoms with van der Waals surface area (Å²) in [5, 5.41) is 3.44. The number of hydrogen-bond acceptors (Lipinski definition) is 5. The van der Waals surface area contributed by atoms with Gasteiger partial charge in [0, 0.05) is 55.0 Å². The van der Waals surface area contributed by atoms with E-state index in [4.69, 9.17) is 5.73 Å². The van der Waals surface area contributed by atoms with Crippen LogP contribution in [0.4, 0.5) is 5.82 Å². The molecule has 3 heterocycles. The molecule has 4 nitrogen and oxygen atoms in total. The molecule has 0 amide bonds. The van der Waals surface area contributed by atoms with E-state index in [0.29, 0.717) is 6.04 Å². The van der Waals surface area contributed by atoms with Crippen LogP contribution in [0, 0.1) is 0 Å². The van der Waals surface area contributed by atoms with Gasteiger partial charge in [-0.2, -0.15) is 0 Å². The Bertz CT molecular complexity index is 574. The van der Waals surface area contributed by atoms with Crippen LogP contribution in [0.15, 0.2) is 23.7 Å². The van der Waals surface area contributed by atoms with E-state index >= 15 is 0 Å². The lowest BCUT2D eigenvalue weighted by Gasteiger charge is -2.39. The minimum atomic E-state index is 0.544. The number of pyridine rings is 1. The smallest absolute Gasteiger partial charge is 0.137 e. The highest BCUT2D eigenvalue weighted by Crippen LogP contribution is 2.29. The normalized spacial score (nSPS) is 18.3. The van der Waals surface area contributed by atoms with Crippen molar-refractivity contribution < 1.29 is 0 Å². The van der Waals surface area contributed by atoms with Crippen molar-refractivity contribution in [3.8, 4) is 0 Å². The van der Waals surface area contributed by atoms with Crippen molar-refractivity contribution >= 4 is 27.2 Å². The van der Waals surface area contributed by atoms with Crippen molar-refractivity contribution in [3.63, 3.8) is 0 Å². The number of rotatable bonds is 5. The molecule has 0 spiro atoms. The highest BCUT2D eigenvalue weighted by Gasteiger charge is 2.23. The number of fused-ring (bicyclic) bond motifs is 1. The maximum absolute atomic E-state index is 5.93. The van der Waals surface area contributed by atoms with E-state index in [-0.39, 0.29) is 0 Å². The van der Waals surface area contributed by atoms with Crippen LogP contribution in [-0.2, 0) is 0 Å². The molecular weight excluding hydrogens is 280 g/mol. The minimum absolute atomic E-state index is 0.544. The number of aromatic nitrogens is 1. The summed E-state index contributed by atoms with van der Waals surface area (Å²) in [6.07, 6.45) is 4.34. The maximum Gasteiger partial charge on any atom is 0.137 e. The molecule has 0 aromatic carbocycles. The highest BCUT2D eigenvalue weighted by atomic mass is 32.1. The van der Waals surface area contributed by atoms with Crippen LogP contribution in [0.1, 0.15) is 19.8 Å². The fourth-order valence-corrected chi connectivity index (χ4v) is 3.99. The average molecular weight is 304 g/mol. The Morgan fingerprint density at radius 3 is 2.81 bits per heavy atom. The molecule has 0 radical (unpaired) electrons. The van der Waals surface area contributed by atoms with Gasteiger partial charge >= 0.3 is 0 Å². The second-order valence-corrected chi connectivity index (χ2v) is 6.62. The number of piperazine rings is 1. The summed E-state index contributed by atoms with van der Waals surface area (Å²) >= 11 is 1.79. The van der Waals surface area contributed by atoms with E-state index in [1.807, 2.05) is 6.20 Å². The summed E-state index contributed by atoms with van der Waals surface area (Å²) in [4.78, 5) is 9.59. The Labute approximate surface area is 130 Å². The Morgan fingerprint density at radius 1 is 1.29 bits per heavy atom. The second kappa shape index (κ2) is 6.73. The molecule has 1 saturated heterocycles. The average Bonchev–Trinajstić information content (AvgIpc) is 3.01. The minimum Gasteiger partial charge on any atom is -0.354 e. The number of anilines is 1. The Hall–Kier alpha value is -1.17. The van der Waals surface area contributed by atoms with Gasteiger partial charge in [-0.1, -0.05) is 13.3 Å². The quantitative estimate of drug-likeness (QED) is 0.922. The topological polar surface area (TPSA) is 45.4 Å². The summed E-state index contributed by atoms with van der Waals surface area (Å²) in [6.45, 7) is 7.27. The molecular formula is C16H24N4S. The van der Waals surface area contributed by atoms with Gasteiger partial charge in [-0.05, 0) is 23.9 Å². The Morgan fingerprint density at radius 2 is 2.10 bits per heavy atom. The van der Waals surface area contributed by atoms with Crippen molar-refractivity contribution in [2.75, 3.05) is 37.6 Å². The zero-order valence-electron chi connectivity index (χ0n) is 12.7. The summed E-state index contributed by atoms with van der Waals surface area (Å²) in [7, 11) is 0. The monoisotopic (exact) mass is 304 g/mol. The molecule has 114 valence electrons. The van der Waals surface area contributed by atoms with Gasteiger partial charge in [0.2, 0.25) is 0 Å². The van der Waals surface area contributed by atoms with Crippen molar-refractivity contribution in [1.82, 2.24) is 9.88 Å². The van der Waals surface area contributed by atoms with E-state index in [1.54, 1.807) is 11.3 Å². The molecule has 3 rings (SSSR count). The van der Waals surface area contributed by atoms with Crippen LogP contribution in [0.5, 0.6) is 0 Å². The van der Waals surface area contributed by atoms with E-state index < -0.39 is 0 Å². The summed E-state index contributed by atoms with van der Waals surface area (Å²) in [5.74, 6) is 1.15. The van der Waals surface area contributed by atoms with Crippen LogP contribution in [0.25, 0.3) is 10.1 Å². The standard InChI is InChI=1S/C16H24N4S/c1-2-3-13(12-17)19-7-9-20(10-8-19)16-14-5-11-21-15(14)4-6-18-16/h4-6,11,13H,2-3,7-10,12,17H2,1H3. The predicted molar refractivity (Wildman–Crippen MR) is 91.2 cm³/mol. The van der Waals surface area contributed by atoms with Gasteiger partial charge in [0.25, 0.3) is 0 Å². The lowest BCUT2D eigenvalue weighted by atomic mass is 10.1. The fraction of sp³-hybridized carbons (Fsp3) is 0.562. The maximum atomic E-state index is 5.93. The molecule has 1 fully saturated rings. The summed E-state index contributed by atoms with van der Waals surface area (Å²) in [6, 6.07) is 4.84. The van der Waals surface area contributed by atoms with Crippen LogP contribution in [0.3, 0.4) is 0 Å². The third kappa shape index (κ3) is 3.05. The molecule has 1 atom stereocenters.